The second-order valence-electron chi connectivity index (χ2n) is 3.35. The van der Waals surface area contributed by atoms with Gasteiger partial charge in [0.25, 0.3) is 0 Å². The summed E-state index contributed by atoms with van der Waals surface area (Å²) in [6, 6.07) is 3.63. The van der Waals surface area contributed by atoms with Crippen LogP contribution in [-0.2, 0) is 0 Å². The summed E-state index contributed by atoms with van der Waals surface area (Å²) in [6.07, 6.45) is 1.43. The molecule has 0 spiro atoms. The van der Waals surface area contributed by atoms with Gasteiger partial charge in [0, 0.05) is 11.5 Å². The molecule has 0 fully saturated rings. The van der Waals surface area contributed by atoms with Crippen LogP contribution in [0.3, 0.4) is 0 Å². The van der Waals surface area contributed by atoms with Gasteiger partial charge in [-0.3, -0.25) is 0 Å². The molecule has 0 saturated heterocycles. The molecule has 0 atom stereocenters. The third-order valence-corrected chi connectivity index (χ3v) is 2.55. The zero-order valence-corrected chi connectivity index (χ0v) is 10.5. The zero-order chi connectivity index (χ0) is 12.3. The van der Waals surface area contributed by atoms with E-state index in [0.717, 1.165) is 10.9 Å². The fourth-order valence-corrected chi connectivity index (χ4v) is 1.76. The monoisotopic (exact) mass is 252 g/mol. The lowest BCUT2D eigenvalue weighted by Gasteiger charge is -2.11. The van der Waals surface area contributed by atoms with Crippen LogP contribution in [0.2, 0.25) is 5.15 Å². The van der Waals surface area contributed by atoms with Crippen LogP contribution in [0.5, 0.6) is 11.5 Å². The molecule has 1 heterocycles. The minimum absolute atomic E-state index is 0.416. The van der Waals surface area contributed by atoms with E-state index in [2.05, 4.69) is 9.97 Å². The predicted molar refractivity (Wildman–Crippen MR) is 66.9 cm³/mol. The molecule has 0 amide bonds. The van der Waals surface area contributed by atoms with E-state index in [-0.39, 0.29) is 0 Å². The molecule has 90 valence electrons. The number of aromatic nitrogens is 2. The van der Waals surface area contributed by atoms with E-state index in [1.807, 2.05) is 26.0 Å². The summed E-state index contributed by atoms with van der Waals surface area (Å²) in [4.78, 5) is 8.10. The van der Waals surface area contributed by atoms with Crippen molar-refractivity contribution in [2.45, 2.75) is 13.8 Å². The molecular formula is C12H13ClN2O2. The van der Waals surface area contributed by atoms with E-state index in [9.17, 15) is 0 Å². The molecule has 5 heteroatoms. The molecule has 0 saturated carbocycles. The average molecular weight is 253 g/mol. The highest BCUT2D eigenvalue weighted by molar-refractivity contribution is 6.34. The summed E-state index contributed by atoms with van der Waals surface area (Å²) in [6.45, 7) is 4.98. The van der Waals surface area contributed by atoms with Crippen molar-refractivity contribution in [3.05, 3.63) is 23.6 Å². The molecule has 17 heavy (non-hydrogen) atoms. The second-order valence-corrected chi connectivity index (χ2v) is 3.70. The summed E-state index contributed by atoms with van der Waals surface area (Å²) in [5.74, 6) is 1.34. The molecule has 0 unspecified atom stereocenters. The van der Waals surface area contributed by atoms with Gasteiger partial charge in [-0.25, -0.2) is 9.97 Å². The Balaban J connectivity index is 2.59. The molecule has 1 aromatic carbocycles. The van der Waals surface area contributed by atoms with E-state index >= 15 is 0 Å². The number of ether oxygens (including phenoxy) is 2. The molecule has 4 nitrogen and oxygen atoms in total. The van der Waals surface area contributed by atoms with E-state index in [0.29, 0.717) is 29.9 Å². The summed E-state index contributed by atoms with van der Waals surface area (Å²) in [5, 5.41) is 1.18. The van der Waals surface area contributed by atoms with Crippen LogP contribution in [0, 0.1) is 0 Å². The highest BCUT2D eigenvalue weighted by atomic mass is 35.5. The Hall–Kier alpha value is -1.55. The molecule has 0 radical (unpaired) electrons. The topological polar surface area (TPSA) is 44.2 Å². The van der Waals surface area contributed by atoms with Gasteiger partial charge in [0.2, 0.25) is 0 Å². The van der Waals surface area contributed by atoms with Gasteiger partial charge in [-0.05, 0) is 19.9 Å². The van der Waals surface area contributed by atoms with Crippen LogP contribution < -0.4 is 9.47 Å². The Morgan fingerprint density at radius 3 is 2.35 bits per heavy atom. The number of benzene rings is 1. The molecule has 0 aliphatic heterocycles. The van der Waals surface area contributed by atoms with Crippen molar-refractivity contribution in [1.29, 1.82) is 0 Å². The van der Waals surface area contributed by atoms with Crippen LogP contribution in [0.25, 0.3) is 10.9 Å². The highest BCUT2D eigenvalue weighted by Gasteiger charge is 2.10. The van der Waals surface area contributed by atoms with E-state index < -0.39 is 0 Å². The summed E-state index contributed by atoms with van der Waals surface area (Å²) >= 11 is 6.01. The fraction of sp³-hybridized carbons (Fsp3) is 0.333. The maximum absolute atomic E-state index is 6.01. The number of halogens is 1. The van der Waals surface area contributed by atoms with E-state index in [1.165, 1.54) is 6.33 Å². The predicted octanol–water partition coefficient (Wildman–Crippen LogP) is 3.08. The van der Waals surface area contributed by atoms with Gasteiger partial charge >= 0.3 is 0 Å². The lowest BCUT2D eigenvalue weighted by atomic mass is 10.2. The van der Waals surface area contributed by atoms with Gasteiger partial charge in [-0.1, -0.05) is 11.6 Å². The first-order valence-electron chi connectivity index (χ1n) is 5.46. The smallest absolute Gasteiger partial charge is 0.163 e. The van der Waals surface area contributed by atoms with Crippen LogP contribution in [0.1, 0.15) is 13.8 Å². The molecule has 0 bridgehead atoms. The molecule has 0 aliphatic carbocycles. The summed E-state index contributed by atoms with van der Waals surface area (Å²) in [7, 11) is 0. The van der Waals surface area contributed by atoms with Crippen molar-refractivity contribution in [2.24, 2.45) is 0 Å². The first kappa shape index (κ1) is 11.9. The normalized spacial score (nSPS) is 10.5. The minimum Gasteiger partial charge on any atom is -0.490 e. The molecular weight excluding hydrogens is 240 g/mol. The van der Waals surface area contributed by atoms with Crippen LogP contribution in [-0.4, -0.2) is 23.2 Å². The fourth-order valence-electron chi connectivity index (χ4n) is 1.57. The number of rotatable bonds is 4. The Morgan fingerprint density at radius 2 is 1.71 bits per heavy atom. The van der Waals surface area contributed by atoms with Gasteiger partial charge in [-0.15, -0.1) is 0 Å². The number of fused-ring (bicyclic) bond motifs is 1. The van der Waals surface area contributed by atoms with Crippen molar-refractivity contribution >= 4 is 22.5 Å². The summed E-state index contributed by atoms with van der Waals surface area (Å²) < 4.78 is 11.0. The van der Waals surface area contributed by atoms with Gasteiger partial charge in [0.15, 0.2) is 11.5 Å². The molecule has 2 aromatic rings. The lowest BCUT2D eigenvalue weighted by Crippen LogP contribution is -1.99. The number of nitrogens with zero attached hydrogens (tertiary/aromatic N) is 2. The molecule has 1 aromatic heterocycles. The Kier molecular flexibility index (Phi) is 3.64. The van der Waals surface area contributed by atoms with Gasteiger partial charge in [0.1, 0.15) is 11.5 Å². The van der Waals surface area contributed by atoms with Gasteiger partial charge in [-0.2, -0.15) is 0 Å². The Bertz CT molecular complexity index is 531. The van der Waals surface area contributed by atoms with Gasteiger partial charge in [0.05, 0.1) is 18.7 Å². The first-order valence-corrected chi connectivity index (χ1v) is 5.84. The third-order valence-electron chi connectivity index (χ3n) is 2.25. The largest absolute Gasteiger partial charge is 0.490 e. The standard InChI is InChI=1S/C12H13ClN2O2/c1-3-16-10-5-8-9(6-11(10)17-4-2)14-7-15-12(8)13/h5-7H,3-4H2,1-2H3. The van der Waals surface area contributed by atoms with Crippen molar-refractivity contribution < 1.29 is 9.47 Å². The van der Waals surface area contributed by atoms with Crippen molar-refractivity contribution in [3.63, 3.8) is 0 Å². The van der Waals surface area contributed by atoms with E-state index in [1.54, 1.807) is 0 Å². The minimum atomic E-state index is 0.416. The van der Waals surface area contributed by atoms with Crippen LogP contribution >= 0.6 is 11.6 Å². The molecule has 2 rings (SSSR count). The molecule has 0 N–H and O–H groups in total. The first-order chi connectivity index (χ1) is 8.26. The van der Waals surface area contributed by atoms with Crippen molar-refractivity contribution in [1.82, 2.24) is 9.97 Å². The van der Waals surface area contributed by atoms with Crippen molar-refractivity contribution in [2.75, 3.05) is 13.2 Å². The van der Waals surface area contributed by atoms with Crippen molar-refractivity contribution in [3.8, 4) is 11.5 Å². The van der Waals surface area contributed by atoms with E-state index in [4.69, 9.17) is 21.1 Å². The Labute approximate surface area is 105 Å². The SMILES string of the molecule is CCOc1cc2ncnc(Cl)c2cc1OCC. The van der Waals surface area contributed by atoms with Crippen LogP contribution in [0.15, 0.2) is 18.5 Å². The maximum atomic E-state index is 6.01. The van der Waals surface area contributed by atoms with Gasteiger partial charge < -0.3 is 9.47 Å². The quantitative estimate of drug-likeness (QED) is 0.785. The zero-order valence-electron chi connectivity index (χ0n) is 9.74. The molecule has 0 aliphatic rings. The number of hydrogen-bond donors (Lipinski definition) is 0. The highest BCUT2D eigenvalue weighted by Crippen LogP contribution is 2.33. The average Bonchev–Trinajstić information content (AvgIpc) is 2.32. The Morgan fingerprint density at radius 1 is 1.06 bits per heavy atom. The third kappa shape index (κ3) is 2.42. The second kappa shape index (κ2) is 5.19. The maximum Gasteiger partial charge on any atom is 0.163 e. The summed E-state index contributed by atoms with van der Waals surface area (Å²) in [5.41, 5.74) is 0.747. The van der Waals surface area contributed by atoms with Crippen LogP contribution in [0.4, 0.5) is 0 Å². The number of hydrogen-bond acceptors (Lipinski definition) is 4. The lowest BCUT2D eigenvalue weighted by molar-refractivity contribution is 0.288.